The summed E-state index contributed by atoms with van der Waals surface area (Å²) in [4.78, 5) is 4.29. The van der Waals surface area contributed by atoms with Crippen molar-refractivity contribution < 1.29 is 0 Å². The second-order valence-corrected chi connectivity index (χ2v) is 3.61. The Balaban J connectivity index is 0.00000112. The van der Waals surface area contributed by atoms with Crippen molar-refractivity contribution in [1.82, 2.24) is 4.98 Å². The number of halogens is 2. The van der Waals surface area contributed by atoms with Crippen LogP contribution < -0.4 is 0 Å². The maximum atomic E-state index is 4.29. The highest BCUT2D eigenvalue weighted by Gasteiger charge is 1.96. The van der Waals surface area contributed by atoms with Gasteiger partial charge >= 0.3 is 0 Å². The van der Waals surface area contributed by atoms with Gasteiger partial charge in [-0.3, -0.25) is 4.98 Å². The fourth-order valence-electron chi connectivity index (χ4n) is 1.30. The molecule has 0 N–H and O–H groups in total. The van der Waals surface area contributed by atoms with Crippen molar-refractivity contribution >= 4 is 32.9 Å². The van der Waals surface area contributed by atoms with Crippen LogP contribution in [0.5, 0.6) is 0 Å². The Labute approximate surface area is 108 Å². The molecule has 0 aliphatic rings. The van der Waals surface area contributed by atoms with Crippen LogP contribution in [-0.2, 0) is 5.33 Å². The lowest BCUT2D eigenvalue weighted by atomic mass is 10.1. The first-order valence-corrected chi connectivity index (χ1v) is 5.58. The highest BCUT2D eigenvalue weighted by Crippen LogP contribution is 2.17. The largest absolute Gasteiger partial charge is 0.256 e. The van der Waals surface area contributed by atoms with Crippen LogP contribution in [0, 0.1) is 0 Å². The topological polar surface area (TPSA) is 12.9 Å². The summed E-state index contributed by atoms with van der Waals surface area (Å²) in [6.07, 6.45) is 1.81. The van der Waals surface area contributed by atoms with Crippen molar-refractivity contribution in [3.05, 3.63) is 54.2 Å². The molecule has 0 spiro atoms. The maximum absolute atomic E-state index is 4.29. The molecule has 3 heteroatoms. The van der Waals surface area contributed by atoms with Crippen molar-refractivity contribution in [3.63, 3.8) is 0 Å². The summed E-state index contributed by atoms with van der Waals surface area (Å²) in [7, 11) is 0. The minimum Gasteiger partial charge on any atom is -0.256 e. The van der Waals surface area contributed by atoms with Crippen molar-refractivity contribution in [2.75, 3.05) is 0 Å². The molecule has 1 aromatic carbocycles. The summed E-state index contributed by atoms with van der Waals surface area (Å²) in [5, 5.41) is 0.898. The zero-order chi connectivity index (χ0) is 9.80. The third kappa shape index (κ3) is 3.14. The molecule has 0 fully saturated rings. The summed E-state index contributed by atoms with van der Waals surface area (Å²) < 4.78 is 0. The van der Waals surface area contributed by atoms with Gasteiger partial charge in [-0.2, -0.15) is 0 Å². The average molecular weight is 329 g/mol. The van der Waals surface area contributed by atoms with Crippen LogP contribution in [0.15, 0.2) is 48.7 Å². The first-order chi connectivity index (χ1) is 6.90. The maximum Gasteiger partial charge on any atom is 0.0701 e. The van der Waals surface area contributed by atoms with E-state index >= 15 is 0 Å². The van der Waals surface area contributed by atoms with Gasteiger partial charge < -0.3 is 0 Å². The van der Waals surface area contributed by atoms with Crippen LogP contribution in [-0.4, -0.2) is 4.98 Å². The Hall–Kier alpha value is -0.670. The number of nitrogens with zero attached hydrogens (tertiary/aromatic N) is 1. The van der Waals surface area contributed by atoms with Crippen LogP contribution in [0.4, 0.5) is 0 Å². The van der Waals surface area contributed by atoms with Crippen molar-refractivity contribution in [2.24, 2.45) is 0 Å². The normalized spacial score (nSPS) is 9.40. The lowest BCUT2D eigenvalue weighted by molar-refractivity contribution is 1.32. The summed E-state index contributed by atoms with van der Waals surface area (Å²) in [6.45, 7) is 0. The van der Waals surface area contributed by atoms with Crippen LogP contribution in [0.25, 0.3) is 11.3 Å². The van der Waals surface area contributed by atoms with Gasteiger partial charge in [-0.1, -0.05) is 46.3 Å². The van der Waals surface area contributed by atoms with Gasteiger partial charge in [0.25, 0.3) is 0 Å². The molecule has 0 radical (unpaired) electrons. The summed E-state index contributed by atoms with van der Waals surface area (Å²) >= 11 is 3.42. The molecule has 0 atom stereocenters. The number of hydrogen-bond donors (Lipinski definition) is 0. The molecule has 0 aliphatic carbocycles. The number of rotatable bonds is 2. The van der Waals surface area contributed by atoms with Gasteiger partial charge in [0.2, 0.25) is 0 Å². The molecule has 1 aromatic heterocycles. The van der Waals surface area contributed by atoms with E-state index in [-0.39, 0.29) is 17.0 Å². The average Bonchev–Trinajstić information content (AvgIpc) is 2.30. The molecule has 2 rings (SSSR count). The minimum atomic E-state index is 0. The third-order valence-corrected chi connectivity index (χ3v) is 2.72. The molecule has 15 heavy (non-hydrogen) atoms. The molecule has 0 amide bonds. The smallest absolute Gasteiger partial charge is 0.0701 e. The van der Waals surface area contributed by atoms with E-state index in [1.807, 2.05) is 24.4 Å². The van der Waals surface area contributed by atoms with E-state index in [4.69, 9.17) is 0 Å². The van der Waals surface area contributed by atoms with E-state index in [9.17, 15) is 0 Å². The first kappa shape index (κ1) is 12.4. The second-order valence-electron chi connectivity index (χ2n) is 3.05. The molecule has 0 aliphatic heterocycles. The fraction of sp³-hybridized carbons (Fsp3) is 0.0833. The minimum absolute atomic E-state index is 0. The Morgan fingerprint density at radius 3 is 2.27 bits per heavy atom. The molecule has 78 valence electrons. The van der Waals surface area contributed by atoms with E-state index in [1.54, 1.807) is 0 Å². The highest BCUT2D eigenvalue weighted by molar-refractivity contribution is 9.08. The first-order valence-electron chi connectivity index (χ1n) is 4.46. The van der Waals surface area contributed by atoms with E-state index in [1.165, 1.54) is 5.56 Å². The molecule has 0 saturated carbocycles. The third-order valence-electron chi connectivity index (χ3n) is 2.07. The summed E-state index contributed by atoms with van der Waals surface area (Å²) in [5.41, 5.74) is 3.47. The van der Waals surface area contributed by atoms with Gasteiger partial charge in [0.15, 0.2) is 0 Å². The van der Waals surface area contributed by atoms with Gasteiger partial charge in [-0.15, -0.1) is 17.0 Å². The second kappa shape index (κ2) is 6.03. The number of pyridine rings is 1. The summed E-state index contributed by atoms with van der Waals surface area (Å²) in [6, 6.07) is 14.4. The van der Waals surface area contributed by atoms with Crippen molar-refractivity contribution in [1.29, 1.82) is 0 Å². The number of hydrogen-bond acceptors (Lipinski definition) is 1. The lowest BCUT2D eigenvalue weighted by Gasteiger charge is -2.00. The van der Waals surface area contributed by atoms with Gasteiger partial charge in [0, 0.05) is 17.1 Å². The van der Waals surface area contributed by atoms with Gasteiger partial charge in [0.1, 0.15) is 0 Å². The Bertz CT molecular complexity index is 398. The predicted octanol–water partition coefficient (Wildman–Crippen LogP) is 4.22. The highest BCUT2D eigenvalue weighted by atomic mass is 79.9. The van der Waals surface area contributed by atoms with Gasteiger partial charge in [-0.25, -0.2) is 0 Å². The molecular weight excluding hydrogens is 318 g/mol. The Morgan fingerprint density at radius 2 is 1.73 bits per heavy atom. The molecule has 0 saturated heterocycles. The number of benzene rings is 1. The quantitative estimate of drug-likeness (QED) is 0.752. The monoisotopic (exact) mass is 327 g/mol. The predicted molar refractivity (Wildman–Crippen MR) is 72.6 cm³/mol. The standard InChI is InChI=1S/C12H10BrN.BrH/c13-9-10-4-6-11(7-5-10)12-3-1-2-8-14-12;/h1-8H,9H2;1H. The number of aromatic nitrogens is 1. The van der Waals surface area contributed by atoms with Crippen LogP contribution in [0.1, 0.15) is 5.56 Å². The Kier molecular flexibility index (Phi) is 4.99. The van der Waals surface area contributed by atoms with Crippen LogP contribution in [0.2, 0.25) is 0 Å². The molecule has 0 unspecified atom stereocenters. The van der Waals surface area contributed by atoms with E-state index < -0.39 is 0 Å². The summed E-state index contributed by atoms with van der Waals surface area (Å²) in [5.74, 6) is 0. The molecule has 0 bridgehead atoms. The van der Waals surface area contributed by atoms with Gasteiger partial charge in [0.05, 0.1) is 5.69 Å². The molecule has 1 heterocycles. The van der Waals surface area contributed by atoms with E-state index in [0.29, 0.717) is 0 Å². The zero-order valence-corrected chi connectivity index (χ0v) is 11.4. The molecule has 2 aromatic rings. The zero-order valence-electron chi connectivity index (χ0n) is 8.06. The van der Waals surface area contributed by atoms with Gasteiger partial charge in [-0.05, 0) is 17.7 Å². The van der Waals surface area contributed by atoms with Crippen molar-refractivity contribution in [3.8, 4) is 11.3 Å². The van der Waals surface area contributed by atoms with Crippen molar-refractivity contribution in [2.45, 2.75) is 5.33 Å². The van der Waals surface area contributed by atoms with Crippen LogP contribution >= 0.6 is 32.9 Å². The van der Waals surface area contributed by atoms with E-state index in [0.717, 1.165) is 16.6 Å². The Morgan fingerprint density at radius 1 is 1.00 bits per heavy atom. The molecule has 1 nitrogen and oxygen atoms in total. The van der Waals surface area contributed by atoms with Crippen LogP contribution in [0.3, 0.4) is 0 Å². The molecular formula is C12H11Br2N. The lowest BCUT2D eigenvalue weighted by Crippen LogP contribution is -1.82. The van der Waals surface area contributed by atoms with E-state index in [2.05, 4.69) is 45.2 Å². The fourth-order valence-corrected chi connectivity index (χ4v) is 1.67. The SMILES string of the molecule is Br.BrCc1ccc(-c2ccccn2)cc1. The number of alkyl halides is 1.